The number of aliphatic hydroxyl groups is 1. The molecule has 0 spiro atoms. The van der Waals surface area contributed by atoms with E-state index in [1.54, 1.807) is 24.3 Å². The fourth-order valence-corrected chi connectivity index (χ4v) is 1.65. The predicted molar refractivity (Wildman–Crippen MR) is 58.1 cm³/mol. The van der Waals surface area contributed by atoms with Gasteiger partial charge in [-0.3, -0.25) is 4.79 Å². The van der Waals surface area contributed by atoms with Gasteiger partial charge in [0.1, 0.15) is 0 Å². The highest BCUT2D eigenvalue weighted by Gasteiger charge is 2.19. The summed E-state index contributed by atoms with van der Waals surface area (Å²) in [6, 6.07) is 6.82. The van der Waals surface area contributed by atoms with Crippen LogP contribution in [-0.2, 0) is 4.79 Å². The number of hydrogen-bond donors (Lipinski definition) is 2. The summed E-state index contributed by atoms with van der Waals surface area (Å²) in [5.74, 6) is -1.47. The number of carbonyl (C=O) groups is 1. The number of carboxylic acid groups (broad SMARTS) is 1. The van der Waals surface area contributed by atoms with E-state index >= 15 is 0 Å². The number of carboxylic acids is 1. The summed E-state index contributed by atoms with van der Waals surface area (Å²) in [4.78, 5) is 11.0. The molecule has 0 bridgehead atoms. The molecule has 0 amide bonds. The lowest BCUT2D eigenvalue weighted by Gasteiger charge is -2.11. The molecule has 4 heteroatoms. The van der Waals surface area contributed by atoms with Gasteiger partial charge in [0.25, 0.3) is 0 Å². The highest BCUT2D eigenvalue weighted by atomic mass is 35.5. The Hall–Kier alpha value is -1.06. The summed E-state index contributed by atoms with van der Waals surface area (Å²) >= 11 is 5.79. The van der Waals surface area contributed by atoms with Gasteiger partial charge in [0, 0.05) is 11.6 Å². The molecule has 0 saturated heterocycles. The fourth-order valence-electron chi connectivity index (χ4n) is 1.45. The second-order valence-electron chi connectivity index (χ2n) is 3.31. The number of halogens is 1. The maximum absolute atomic E-state index is 11.0. The first-order chi connectivity index (χ1) is 7.15. The number of benzene rings is 1. The predicted octanol–water partition coefficient (Wildman–Crippen LogP) is 2.28. The first-order valence-corrected chi connectivity index (χ1v) is 5.12. The number of aliphatic hydroxyl groups excluding tert-OH is 1. The van der Waals surface area contributed by atoms with E-state index in [1.807, 2.05) is 0 Å². The molecule has 0 radical (unpaired) electrons. The van der Waals surface area contributed by atoms with Crippen LogP contribution >= 0.6 is 11.6 Å². The van der Waals surface area contributed by atoms with Gasteiger partial charge in [-0.2, -0.15) is 0 Å². The zero-order valence-electron chi connectivity index (χ0n) is 8.19. The van der Waals surface area contributed by atoms with E-state index in [-0.39, 0.29) is 6.61 Å². The first kappa shape index (κ1) is 12.0. The van der Waals surface area contributed by atoms with E-state index in [0.29, 0.717) is 23.4 Å². The largest absolute Gasteiger partial charge is 0.481 e. The second kappa shape index (κ2) is 5.73. The van der Waals surface area contributed by atoms with Crippen LogP contribution in [0.5, 0.6) is 0 Å². The molecule has 82 valence electrons. The van der Waals surface area contributed by atoms with Crippen LogP contribution in [0.2, 0.25) is 5.02 Å². The van der Waals surface area contributed by atoms with Gasteiger partial charge in [0.05, 0.1) is 5.92 Å². The Balaban J connectivity index is 2.84. The molecule has 0 fully saturated rings. The van der Waals surface area contributed by atoms with E-state index in [9.17, 15) is 4.79 Å². The minimum atomic E-state index is -0.884. The van der Waals surface area contributed by atoms with Crippen molar-refractivity contribution in [3.63, 3.8) is 0 Å². The highest BCUT2D eigenvalue weighted by Crippen LogP contribution is 2.24. The summed E-state index contributed by atoms with van der Waals surface area (Å²) in [5, 5.41) is 18.2. The van der Waals surface area contributed by atoms with Crippen LogP contribution in [0.4, 0.5) is 0 Å². The Labute approximate surface area is 93.3 Å². The van der Waals surface area contributed by atoms with Gasteiger partial charge in [0.15, 0.2) is 0 Å². The molecule has 0 saturated carbocycles. The Morgan fingerprint density at radius 3 is 2.73 bits per heavy atom. The molecule has 0 aromatic heterocycles. The van der Waals surface area contributed by atoms with Gasteiger partial charge < -0.3 is 10.2 Å². The van der Waals surface area contributed by atoms with Crippen molar-refractivity contribution < 1.29 is 15.0 Å². The SMILES string of the molecule is O=C(O)C(CCCO)c1cccc(Cl)c1. The molecule has 0 aliphatic rings. The molecule has 1 atom stereocenters. The van der Waals surface area contributed by atoms with Gasteiger partial charge >= 0.3 is 5.97 Å². The topological polar surface area (TPSA) is 57.5 Å². The summed E-state index contributed by atoms with van der Waals surface area (Å²) in [6.07, 6.45) is 0.898. The molecule has 3 nitrogen and oxygen atoms in total. The van der Waals surface area contributed by atoms with Crippen molar-refractivity contribution in [1.82, 2.24) is 0 Å². The van der Waals surface area contributed by atoms with Gasteiger partial charge in [0.2, 0.25) is 0 Å². The average molecular weight is 229 g/mol. The van der Waals surface area contributed by atoms with E-state index in [1.165, 1.54) is 0 Å². The third-order valence-electron chi connectivity index (χ3n) is 2.20. The van der Waals surface area contributed by atoms with Crippen LogP contribution in [0.25, 0.3) is 0 Å². The average Bonchev–Trinajstić information content (AvgIpc) is 2.18. The molecule has 1 aromatic rings. The third kappa shape index (κ3) is 3.53. The lowest BCUT2D eigenvalue weighted by atomic mass is 9.94. The summed E-state index contributed by atoms with van der Waals surface area (Å²) in [5.41, 5.74) is 0.684. The van der Waals surface area contributed by atoms with Crippen LogP contribution in [0.1, 0.15) is 24.3 Å². The zero-order chi connectivity index (χ0) is 11.3. The molecule has 2 N–H and O–H groups in total. The summed E-state index contributed by atoms with van der Waals surface area (Å²) in [7, 11) is 0. The Kier molecular flexibility index (Phi) is 4.59. The molecule has 1 aromatic carbocycles. The molecular weight excluding hydrogens is 216 g/mol. The smallest absolute Gasteiger partial charge is 0.310 e. The van der Waals surface area contributed by atoms with Crippen LogP contribution in [0, 0.1) is 0 Å². The Bertz CT molecular complexity index is 338. The van der Waals surface area contributed by atoms with Crippen molar-refractivity contribution in [2.24, 2.45) is 0 Å². The second-order valence-corrected chi connectivity index (χ2v) is 3.75. The number of hydrogen-bond acceptors (Lipinski definition) is 2. The maximum atomic E-state index is 11.0. The quantitative estimate of drug-likeness (QED) is 0.813. The van der Waals surface area contributed by atoms with Crippen molar-refractivity contribution in [3.8, 4) is 0 Å². The summed E-state index contributed by atoms with van der Waals surface area (Å²) in [6.45, 7) is 0.00431. The number of rotatable bonds is 5. The lowest BCUT2D eigenvalue weighted by Crippen LogP contribution is -2.12. The lowest BCUT2D eigenvalue weighted by molar-refractivity contribution is -0.139. The molecule has 1 unspecified atom stereocenters. The van der Waals surface area contributed by atoms with Crippen LogP contribution in [0.3, 0.4) is 0 Å². The highest BCUT2D eigenvalue weighted by molar-refractivity contribution is 6.30. The van der Waals surface area contributed by atoms with Crippen molar-refractivity contribution >= 4 is 17.6 Å². The molecule has 15 heavy (non-hydrogen) atoms. The van der Waals surface area contributed by atoms with E-state index in [0.717, 1.165) is 0 Å². The number of aliphatic carboxylic acids is 1. The Morgan fingerprint density at radius 2 is 2.20 bits per heavy atom. The third-order valence-corrected chi connectivity index (χ3v) is 2.44. The first-order valence-electron chi connectivity index (χ1n) is 4.74. The zero-order valence-corrected chi connectivity index (χ0v) is 8.94. The van der Waals surface area contributed by atoms with Crippen LogP contribution in [0.15, 0.2) is 24.3 Å². The van der Waals surface area contributed by atoms with Crippen molar-refractivity contribution in [2.45, 2.75) is 18.8 Å². The molecule has 1 rings (SSSR count). The fraction of sp³-hybridized carbons (Fsp3) is 0.364. The monoisotopic (exact) mass is 228 g/mol. The maximum Gasteiger partial charge on any atom is 0.310 e. The molecule has 0 aliphatic carbocycles. The van der Waals surface area contributed by atoms with Gasteiger partial charge in [-0.25, -0.2) is 0 Å². The molecule has 0 aliphatic heterocycles. The van der Waals surface area contributed by atoms with Crippen LogP contribution < -0.4 is 0 Å². The molecule has 0 heterocycles. The van der Waals surface area contributed by atoms with E-state index in [2.05, 4.69) is 0 Å². The van der Waals surface area contributed by atoms with Gasteiger partial charge in [-0.15, -0.1) is 0 Å². The van der Waals surface area contributed by atoms with Crippen molar-refractivity contribution in [3.05, 3.63) is 34.9 Å². The van der Waals surface area contributed by atoms with Crippen molar-refractivity contribution in [1.29, 1.82) is 0 Å². The van der Waals surface area contributed by atoms with E-state index < -0.39 is 11.9 Å². The van der Waals surface area contributed by atoms with Crippen LogP contribution in [-0.4, -0.2) is 22.8 Å². The van der Waals surface area contributed by atoms with Gasteiger partial charge in [-0.1, -0.05) is 23.7 Å². The molecular formula is C11H13ClO3. The van der Waals surface area contributed by atoms with E-state index in [4.69, 9.17) is 21.8 Å². The van der Waals surface area contributed by atoms with Crippen molar-refractivity contribution in [2.75, 3.05) is 6.61 Å². The van der Waals surface area contributed by atoms with Gasteiger partial charge in [-0.05, 0) is 30.5 Å². The minimum absolute atomic E-state index is 0.00431. The minimum Gasteiger partial charge on any atom is -0.481 e. The Morgan fingerprint density at radius 1 is 1.47 bits per heavy atom. The summed E-state index contributed by atoms with van der Waals surface area (Å²) < 4.78 is 0. The standard InChI is InChI=1S/C11H13ClO3/c12-9-4-1-3-8(7-9)10(11(14)15)5-2-6-13/h1,3-4,7,10,13H,2,5-6H2,(H,14,15). The normalized spacial score (nSPS) is 12.4.